The molecule has 0 atom stereocenters. The topological polar surface area (TPSA) is 45.4 Å². The number of pyridine rings is 1. The molecule has 116 valence electrons. The molecule has 0 aliphatic carbocycles. The molecule has 1 aromatic rings. The maximum absolute atomic E-state index is 5.73. The molecule has 0 amide bonds. The van der Waals surface area contributed by atoms with E-state index in [0.717, 1.165) is 25.6 Å². The van der Waals surface area contributed by atoms with Gasteiger partial charge in [0.15, 0.2) is 0 Å². The van der Waals surface area contributed by atoms with Crippen molar-refractivity contribution < 1.29 is 0 Å². The van der Waals surface area contributed by atoms with Crippen molar-refractivity contribution in [3.05, 3.63) is 23.9 Å². The van der Waals surface area contributed by atoms with Crippen molar-refractivity contribution in [2.24, 2.45) is 5.73 Å². The molecule has 4 heteroatoms. The van der Waals surface area contributed by atoms with Gasteiger partial charge >= 0.3 is 0 Å². The van der Waals surface area contributed by atoms with Crippen molar-refractivity contribution >= 4 is 5.82 Å². The summed E-state index contributed by atoms with van der Waals surface area (Å²) in [5.74, 6) is 1.17. The fourth-order valence-electron chi connectivity index (χ4n) is 3.79. The first-order valence-electron chi connectivity index (χ1n) is 8.51. The van der Waals surface area contributed by atoms with E-state index in [1.807, 2.05) is 12.3 Å². The van der Waals surface area contributed by atoms with E-state index in [4.69, 9.17) is 5.73 Å². The molecule has 3 rings (SSSR count). The Kier molecular flexibility index (Phi) is 5.09. The van der Waals surface area contributed by atoms with Crippen LogP contribution in [-0.2, 0) is 6.42 Å². The minimum absolute atomic E-state index is 0.697. The SMILES string of the molecule is NCCc1cccnc1N1CCC(N2CCCCC2)CC1. The summed E-state index contributed by atoms with van der Waals surface area (Å²) >= 11 is 0. The van der Waals surface area contributed by atoms with E-state index in [0.29, 0.717) is 6.54 Å². The third kappa shape index (κ3) is 3.55. The zero-order chi connectivity index (χ0) is 14.5. The van der Waals surface area contributed by atoms with Gasteiger partial charge in [-0.3, -0.25) is 0 Å². The summed E-state index contributed by atoms with van der Waals surface area (Å²) in [5.41, 5.74) is 7.03. The highest BCUT2D eigenvalue weighted by Crippen LogP contribution is 2.25. The van der Waals surface area contributed by atoms with Crippen LogP contribution in [0, 0.1) is 0 Å². The van der Waals surface area contributed by atoms with Crippen LogP contribution in [0.15, 0.2) is 18.3 Å². The van der Waals surface area contributed by atoms with E-state index in [-0.39, 0.29) is 0 Å². The Balaban J connectivity index is 1.60. The van der Waals surface area contributed by atoms with Gasteiger partial charge in [-0.1, -0.05) is 12.5 Å². The standard InChI is InChI=1S/C17H28N4/c18-9-6-15-5-4-10-19-17(15)21-13-7-16(8-14-21)20-11-2-1-3-12-20/h4-5,10,16H,1-3,6-9,11-14,18H2. The Hall–Kier alpha value is -1.13. The molecule has 2 fully saturated rings. The fourth-order valence-corrected chi connectivity index (χ4v) is 3.79. The van der Waals surface area contributed by atoms with Crippen LogP contribution in [0.1, 0.15) is 37.7 Å². The zero-order valence-corrected chi connectivity index (χ0v) is 13.0. The minimum atomic E-state index is 0.697. The summed E-state index contributed by atoms with van der Waals surface area (Å²) in [4.78, 5) is 9.80. The molecular weight excluding hydrogens is 260 g/mol. The first-order chi connectivity index (χ1) is 10.4. The molecule has 3 heterocycles. The van der Waals surface area contributed by atoms with Gasteiger partial charge in [-0.15, -0.1) is 0 Å². The van der Waals surface area contributed by atoms with Gasteiger partial charge in [-0.25, -0.2) is 4.98 Å². The number of nitrogens with two attached hydrogens (primary N) is 1. The lowest BCUT2D eigenvalue weighted by atomic mass is 9.99. The molecule has 0 saturated carbocycles. The summed E-state index contributed by atoms with van der Waals surface area (Å²) in [7, 11) is 0. The van der Waals surface area contributed by atoms with Crippen molar-refractivity contribution in [3.8, 4) is 0 Å². The second-order valence-corrected chi connectivity index (χ2v) is 6.34. The van der Waals surface area contributed by atoms with Gasteiger partial charge in [0.2, 0.25) is 0 Å². The van der Waals surface area contributed by atoms with Gasteiger partial charge in [0.25, 0.3) is 0 Å². The lowest BCUT2D eigenvalue weighted by Crippen LogP contribution is -2.47. The number of likely N-dealkylation sites (tertiary alicyclic amines) is 1. The van der Waals surface area contributed by atoms with Gasteiger partial charge in [-0.2, -0.15) is 0 Å². The van der Waals surface area contributed by atoms with Crippen molar-refractivity contribution in [1.29, 1.82) is 0 Å². The van der Waals surface area contributed by atoms with Crippen LogP contribution in [0.3, 0.4) is 0 Å². The molecule has 2 saturated heterocycles. The summed E-state index contributed by atoms with van der Waals surface area (Å²) in [5, 5.41) is 0. The Labute approximate surface area is 128 Å². The quantitative estimate of drug-likeness (QED) is 0.921. The van der Waals surface area contributed by atoms with E-state index >= 15 is 0 Å². The average Bonchev–Trinajstić information content (AvgIpc) is 2.57. The van der Waals surface area contributed by atoms with Crippen molar-refractivity contribution in [3.63, 3.8) is 0 Å². The van der Waals surface area contributed by atoms with E-state index < -0.39 is 0 Å². The van der Waals surface area contributed by atoms with Crippen molar-refractivity contribution in [2.45, 2.75) is 44.6 Å². The second kappa shape index (κ2) is 7.23. The Bertz CT molecular complexity index is 434. The molecule has 21 heavy (non-hydrogen) atoms. The third-order valence-electron chi connectivity index (χ3n) is 4.95. The molecule has 0 unspecified atom stereocenters. The number of piperidine rings is 2. The predicted molar refractivity (Wildman–Crippen MR) is 87.7 cm³/mol. The summed E-state index contributed by atoms with van der Waals surface area (Å²) in [6.45, 7) is 5.59. The lowest BCUT2D eigenvalue weighted by Gasteiger charge is -2.41. The van der Waals surface area contributed by atoms with Crippen LogP contribution >= 0.6 is 0 Å². The van der Waals surface area contributed by atoms with Crippen LogP contribution in [0.5, 0.6) is 0 Å². The van der Waals surface area contributed by atoms with Gasteiger partial charge in [0, 0.05) is 25.3 Å². The van der Waals surface area contributed by atoms with E-state index in [2.05, 4.69) is 20.9 Å². The fraction of sp³-hybridized carbons (Fsp3) is 0.706. The van der Waals surface area contributed by atoms with E-state index in [1.54, 1.807) is 0 Å². The number of rotatable bonds is 4. The van der Waals surface area contributed by atoms with E-state index in [9.17, 15) is 0 Å². The first-order valence-corrected chi connectivity index (χ1v) is 8.51. The maximum Gasteiger partial charge on any atom is 0.131 e. The highest BCUT2D eigenvalue weighted by Gasteiger charge is 2.26. The van der Waals surface area contributed by atoms with Crippen LogP contribution in [0.25, 0.3) is 0 Å². The Morgan fingerprint density at radius 3 is 2.57 bits per heavy atom. The molecule has 0 bridgehead atoms. The zero-order valence-electron chi connectivity index (χ0n) is 13.0. The highest BCUT2D eigenvalue weighted by molar-refractivity contribution is 5.47. The van der Waals surface area contributed by atoms with Crippen molar-refractivity contribution in [2.75, 3.05) is 37.6 Å². The Morgan fingerprint density at radius 1 is 1.10 bits per heavy atom. The molecule has 2 aliphatic heterocycles. The monoisotopic (exact) mass is 288 g/mol. The number of hydrogen-bond acceptors (Lipinski definition) is 4. The first kappa shape index (κ1) is 14.8. The maximum atomic E-state index is 5.73. The molecule has 4 nitrogen and oxygen atoms in total. The summed E-state index contributed by atoms with van der Waals surface area (Å²) in [6, 6.07) is 4.99. The summed E-state index contributed by atoms with van der Waals surface area (Å²) in [6.07, 6.45) is 9.59. The molecule has 2 aliphatic rings. The molecule has 0 aromatic carbocycles. The molecular formula is C17H28N4. The van der Waals surface area contributed by atoms with Crippen LogP contribution in [-0.4, -0.2) is 48.6 Å². The van der Waals surface area contributed by atoms with Crippen LogP contribution in [0.2, 0.25) is 0 Å². The smallest absolute Gasteiger partial charge is 0.131 e. The minimum Gasteiger partial charge on any atom is -0.356 e. The third-order valence-corrected chi connectivity index (χ3v) is 4.95. The van der Waals surface area contributed by atoms with Crippen molar-refractivity contribution in [1.82, 2.24) is 9.88 Å². The Morgan fingerprint density at radius 2 is 1.86 bits per heavy atom. The predicted octanol–water partition coefficient (Wildman–Crippen LogP) is 2.04. The largest absolute Gasteiger partial charge is 0.356 e. The number of aromatic nitrogens is 1. The molecule has 0 spiro atoms. The summed E-state index contributed by atoms with van der Waals surface area (Å²) < 4.78 is 0. The number of hydrogen-bond donors (Lipinski definition) is 1. The molecule has 1 aromatic heterocycles. The van der Waals surface area contributed by atoms with Crippen LogP contribution in [0.4, 0.5) is 5.82 Å². The average molecular weight is 288 g/mol. The van der Waals surface area contributed by atoms with Gasteiger partial charge < -0.3 is 15.5 Å². The molecule has 0 radical (unpaired) electrons. The van der Waals surface area contributed by atoms with Gasteiger partial charge in [0.1, 0.15) is 5.82 Å². The lowest BCUT2D eigenvalue weighted by molar-refractivity contribution is 0.141. The van der Waals surface area contributed by atoms with Crippen LogP contribution < -0.4 is 10.6 Å². The molecule has 2 N–H and O–H groups in total. The number of anilines is 1. The van der Waals surface area contributed by atoms with Gasteiger partial charge in [0.05, 0.1) is 0 Å². The second-order valence-electron chi connectivity index (χ2n) is 6.34. The normalized spacial score (nSPS) is 21.7. The van der Waals surface area contributed by atoms with Gasteiger partial charge in [-0.05, 0) is 63.4 Å². The number of nitrogens with zero attached hydrogens (tertiary/aromatic N) is 3. The highest BCUT2D eigenvalue weighted by atomic mass is 15.2. The van der Waals surface area contributed by atoms with E-state index in [1.165, 1.54) is 56.6 Å².